The highest BCUT2D eigenvalue weighted by Crippen LogP contribution is 2.20. The molecule has 0 aliphatic heterocycles. The number of aliphatic hydroxyl groups is 1. The Labute approximate surface area is 83.4 Å². The van der Waals surface area contributed by atoms with Gasteiger partial charge in [0.1, 0.15) is 5.82 Å². The van der Waals surface area contributed by atoms with Crippen LogP contribution in [0.1, 0.15) is 25.7 Å². The molecule has 1 aromatic heterocycles. The summed E-state index contributed by atoms with van der Waals surface area (Å²) in [5.74, 6) is 0.798. The Balaban J connectivity index is 1.91. The molecule has 0 spiro atoms. The minimum absolute atomic E-state index is 0.155. The van der Waals surface area contributed by atoms with Crippen LogP contribution in [0.25, 0.3) is 0 Å². The average Bonchev–Trinajstić information content (AvgIpc) is 2.19. The molecule has 76 valence electrons. The fourth-order valence-corrected chi connectivity index (χ4v) is 1.88. The second-order valence-corrected chi connectivity index (χ2v) is 3.77. The molecule has 0 saturated heterocycles. The molecule has 0 aromatic carbocycles. The van der Waals surface area contributed by atoms with E-state index >= 15 is 0 Å². The highest BCUT2D eigenvalue weighted by atomic mass is 16.3. The van der Waals surface area contributed by atoms with Gasteiger partial charge in [0.25, 0.3) is 0 Å². The number of aliphatic hydroxyl groups excluding tert-OH is 1. The van der Waals surface area contributed by atoms with E-state index in [1.54, 1.807) is 6.20 Å². The van der Waals surface area contributed by atoms with E-state index < -0.39 is 0 Å². The third kappa shape index (κ3) is 2.42. The van der Waals surface area contributed by atoms with Crippen molar-refractivity contribution in [1.82, 2.24) is 10.2 Å². The molecule has 0 unspecified atom stereocenters. The summed E-state index contributed by atoms with van der Waals surface area (Å²) < 4.78 is 0. The van der Waals surface area contributed by atoms with Crippen LogP contribution in [-0.4, -0.2) is 27.4 Å². The summed E-state index contributed by atoms with van der Waals surface area (Å²) in [6, 6.07) is 4.10. The first-order valence-corrected chi connectivity index (χ1v) is 5.07. The van der Waals surface area contributed by atoms with Gasteiger partial charge in [0.2, 0.25) is 0 Å². The minimum Gasteiger partial charge on any atom is -0.393 e. The maximum atomic E-state index is 9.48. The molecular formula is C10H15N3O. The van der Waals surface area contributed by atoms with E-state index in [-0.39, 0.29) is 6.10 Å². The van der Waals surface area contributed by atoms with Gasteiger partial charge in [0.15, 0.2) is 0 Å². The number of aromatic nitrogens is 2. The smallest absolute Gasteiger partial charge is 0.148 e. The van der Waals surface area contributed by atoms with Crippen molar-refractivity contribution in [1.29, 1.82) is 0 Å². The number of hydrogen-bond donors (Lipinski definition) is 2. The zero-order chi connectivity index (χ0) is 9.80. The predicted octanol–water partition coefficient (Wildman–Crippen LogP) is 1.19. The molecule has 1 fully saturated rings. The molecule has 1 aliphatic rings. The lowest BCUT2D eigenvalue weighted by Crippen LogP contribution is -2.30. The van der Waals surface area contributed by atoms with Crippen molar-refractivity contribution in [2.75, 3.05) is 5.32 Å². The summed E-state index contributed by atoms with van der Waals surface area (Å²) in [6.45, 7) is 0. The average molecular weight is 193 g/mol. The minimum atomic E-state index is -0.155. The van der Waals surface area contributed by atoms with Gasteiger partial charge in [0.05, 0.1) is 6.10 Å². The molecule has 14 heavy (non-hydrogen) atoms. The van der Waals surface area contributed by atoms with Gasteiger partial charge in [0, 0.05) is 12.2 Å². The van der Waals surface area contributed by atoms with Gasteiger partial charge in [-0.1, -0.05) is 0 Å². The van der Waals surface area contributed by atoms with Crippen LogP contribution in [0.4, 0.5) is 5.82 Å². The Bertz CT molecular complexity index is 278. The number of hydrogen-bond acceptors (Lipinski definition) is 4. The van der Waals surface area contributed by atoms with E-state index in [0.717, 1.165) is 31.5 Å². The van der Waals surface area contributed by atoms with E-state index in [1.165, 1.54) is 0 Å². The van der Waals surface area contributed by atoms with Crippen LogP contribution in [0.15, 0.2) is 18.3 Å². The highest BCUT2D eigenvalue weighted by Gasteiger charge is 2.19. The zero-order valence-electron chi connectivity index (χ0n) is 8.06. The van der Waals surface area contributed by atoms with Crippen LogP contribution < -0.4 is 5.32 Å². The molecule has 1 aliphatic carbocycles. The molecule has 2 atom stereocenters. The van der Waals surface area contributed by atoms with Gasteiger partial charge in [-0.15, -0.1) is 5.10 Å². The van der Waals surface area contributed by atoms with Gasteiger partial charge in [-0.25, -0.2) is 0 Å². The molecule has 1 saturated carbocycles. The second-order valence-electron chi connectivity index (χ2n) is 3.77. The van der Waals surface area contributed by atoms with E-state index in [4.69, 9.17) is 0 Å². The largest absolute Gasteiger partial charge is 0.393 e. The van der Waals surface area contributed by atoms with Crippen molar-refractivity contribution in [2.45, 2.75) is 37.8 Å². The van der Waals surface area contributed by atoms with Crippen molar-refractivity contribution in [3.63, 3.8) is 0 Å². The molecule has 4 heteroatoms. The van der Waals surface area contributed by atoms with Crippen molar-refractivity contribution >= 4 is 5.82 Å². The summed E-state index contributed by atoms with van der Waals surface area (Å²) in [5.41, 5.74) is 0. The topological polar surface area (TPSA) is 58.0 Å². The molecule has 2 rings (SSSR count). The van der Waals surface area contributed by atoms with E-state index in [9.17, 15) is 5.11 Å². The first kappa shape index (κ1) is 9.40. The first-order chi connectivity index (χ1) is 6.84. The van der Waals surface area contributed by atoms with Crippen LogP contribution in [0.3, 0.4) is 0 Å². The van der Waals surface area contributed by atoms with E-state index in [2.05, 4.69) is 15.5 Å². The lowest BCUT2D eigenvalue weighted by molar-refractivity contribution is 0.124. The zero-order valence-corrected chi connectivity index (χ0v) is 8.06. The first-order valence-electron chi connectivity index (χ1n) is 5.07. The lowest BCUT2D eigenvalue weighted by Gasteiger charge is -2.26. The van der Waals surface area contributed by atoms with E-state index in [1.807, 2.05) is 12.1 Å². The maximum absolute atomic E-state index is 9.48. The molecule has 1 aromatic rings. The monoisotopic (exact) mass is 193 g/mol. The molecule has 2 N–H and O–H groups in total. The lowest BCUT2D eigenvalue weighted by atomic mass is 9.93. The third-order valence-electron chi connectivity index (χ3n) is 2.57. The number of anilines is 1. The Morgan fingerprint density at radius 3 is 3.07 bits per heavy atom. The summed E-state index contributed by atoms with van der Waals surface area (Å²) in [4.78, 5) is 0. The van der Waals surface area contributed by atoms with Crippen LogP contribution in [-0.2, 0) is 0 Å². The standard InChI is InChI=1S/C10H15N3O/c14-9-4-1-3-8(7-9)12-10-5-2-6-11-13-10/h2,5-6,8-9,14H,1,3-4,7H2,(H,12,13)/t8-,9-/m0/s1. The van der Waals surface area contributed by atoms with Crippen molar-refractivity contribution in [3.05, 3.63) is 18.3 Å². The third-order valence-corrected chi connectivity index (χ3v) is 2.57. The maximum Gasteiger partial charge on any atom is 0.148 e. The number of rotatable bonds is 2. The Morgan fingerprint density at radius 1 is 1.43 bits per heavy atom. The normalized spacial score (nSPS) is 27.2. The van der Waals surface area contributed by atoms with Gasteiger partial charge in [-0.3, -0.25) is 0 Å². The molecule has 0 amide bonds. The van der Waals surface area contributed by atoms with Crippen LogP contribution in [0.5, 0.6) is 0 Å². The summed E-state index contributed by atoms with van der Waals surface area (Å²) >= 11 is 0. The van der Waals surface area contributed by atoms with Crippen LogP contribution in [0, 0.1) is 0 Å². The van der Waals surface area contributed by atoms with Crippen molar-refractivity contribution in [3.8, 4) is 0 Å². The predicted molar refractivity (Wildman–Crippen MR) is 53.9 cm³/mol. The molecule has 1 heterocycles. The molecule has 0 radical (unpaired) electrons. The molecule has 0 bridgehead atoms. The summed E-state index contributed by atoms with van der Waals surface area (Å²) in [7, 11) is 0. The van der Waals surface area contributed by atoms with Gasteiger partial charge in [-0.2, -0.15) is 5.10 Å². The summed E-state index contributed by atoms with van der Waals surface area (Å²) in [5, 5.41) is 20.5. The quantitative estimate of drug-likeness (QED) is 0.740. The second kappa shape index (κ2) is 4.37. The number of nitrogens with zero attached hydrogens (tertiary/aromatic N) is 2. The van der Waals surface area contributed by atoms with Crippen molar-refractivity contribution < 1.29 is 5.11 Å². The van der Waals surface area contributed by atoms with Gasteiger partial charge >= 0.3 is 0 Å². The molecular weight excluding hydrogens is 178 g/mol. The summed E-state index contributed by atoms with van der Waals surface area (Å²) in [6.07, 6.45) is 5.43. The fourth-order valence-electron chi connectivity index (χ4n) is 1.88. The van der Waals surface area contributed by atoms with Crippen LogP contribution >= 0.6 is 0 Å². The highest BCUT2D eigenvalue weighted by molar-refractivity contribution is 5.32. The SMILES string of the molecule is O[C@H]1CCC[C@H](Nc2cccnn2)C1. The van der Waals surface area contributed by atoms with Gasteiger partial charge < -0.3 is 10.4 Å². The molecule has 4 nitrogen and oxygen atoms in total. The Hall–Kier alpha value is -1.16. The Morgan fingerprint density at radius 2 is 2.36 bits per heavy atom. The fraction of sp³-hybridized carbons (Fsp3) is 0.600. The van der Waals surface area contributed by atoms with E-state index in [0.29, 0.717) is 6.04 Å². The number of nitrogens with one attached hydrogen (secondary N) is 1. The Kier molecular flexibility index (Phi) is 2.93. The van der Waals surface area contributed by atoms with Gasteiger partial charge in [-0.05, 0) is 37.8 Å². The van der Waals surface area contributed by atoms with Crippen molar-refractivity contribution in [2.24, 2.45) is 0 Å². The van der Waals surface area contributed by atoms with Crippen LogP contribution in [0.2, 0.25) is 0 Å².